The molecule has 1 amide bonds. The number of fused-ring (bicyclic) bond motifs is 1. The Morgan fingerprint density at radius 3 is 2.74 bits per heavy atom. The minimum Gasteiger partial charge on any atom is -0.464 e. The van der Waals surface area contributed by atoms with Crippen LogP contribution < -0.4 is 5.32 Å². The zero-order valence-electron chi connectivity index (χ0n) is 15.0. The number of amides is 1. The average molecular weight is 362 g/mol. The SMILES string of the molecule is Cc1cc2occ(CC(=O)NCc3nc(-c4ccncc4)no3)c2cc1C. The van der Waals surface area contributed by atoms with Gasteiger partial charge in [0.1, 0.15) is 5.58 Å². The average Bonchev–Trinajstić information content (AvgIpc) is 3.29. The van der Waals surface area contributed by atoms with Crippen LogP contribution in [0.15, 0.2) is 51.9 Å². The summed E-state index contributed by atoms with van der Waals surface area (Å²) in [5.74, 6) is 0.673. The molecular weight excluding hydrogens is 344 g/mol. The molecule has 7 heteroatoms. The van der Waals surface area contributed by atoms with E-state index in [1.54, 1.807) is 30.8 Å². The van der Waals surface area contributed by atoms with E-state index in [9.17, 15) is 4.79 Å². The number of nitrogens with one attached hydrogen (secondary N) is 1. The van der Waals surface area contributed by atoms with Gasteiger partial charge in [0, 0.05) is 28.9 Å². The number of nitrogens with zero attached hydrogens (tertiary/aromatic N) is 3. The zero-order valence-corrected chi connectivity index (χ0v) is 15.0. The van der Waals surface area contributed by atoms with Gasteiger partial charge in [0.05, 0.1) is 19.2 Å². The van der Waals surface area contributed by atoms with E-state index >= 15 is 0 Å². The van der Waals surface area contributed by atoms with Gasteiger partial charge in [-0.3, -0.25) is 9.78 Å². The van der Waals surface area contributed by atoms with E-state index in [1.165, 1.54) is 5.56 Å². The maximum atomic E-state index is 12.3. The molecule has 3 heterocycles. The molecule has 1 aromatic carbocycles. The van der Waals surface area contributed by atoms with Gasteiger partial charge in [-0.15, -0.1) is 0 Å². The Hall–Kier alpha value is -3.48. The van der Waals surface area contributed by atoms with Crippen molar-refractivity contribution in [2.45, 2.75) is 26.8 Å². The quantitative estimate of drug-likeness (QED) is 0.585. The van der Waals surface area contributed by atoms with Crippen molar-refractivity contribution in [3.05, 3.63) is 65.5 Å². The molecule has 0 aliphatic rings. The Morgan fingerprint density at radius 2 is 1.93 bits per heavy atom. The van der Waals surface area contributed by atoms with E-state index in [1.807, 2.05) is 19.9 Å². The largest absolute Gasteiger partial charge is 0.464 e. The van der Waals surface area contributed by atoms with Crippen LogP contribution in [0.2, 0.25) is 0 Å². The van der Waals surface area contributed by atoms with Gasteiger partial charge in [-0.1, -0.05) is 5.16 Å². The summed E-state index contributed by atoms with van der Waals surface area (Å²) < 4.78 is 10.8. The van der Waals surface area contributed by atoms with Crippen molar-refractivity contribution >= 4 is 16.9 Å². The number of carbonyl (C=O) groups excluding carboxylic acids is 1. The number of aromatic nitrogens is 3. The van der Waals surface area contributed by atoms with Gasteiger partial charge >= 0.3 is 0 Å². The number of hydrogen-bond donors (Lipinski definition) is 1. The first-order valence-electron chi connectivity index (χ1n) is 8.57. The van der Waals surface area contributed by atoms with E-state index in [4.69, 9.17) is 8.94 Å². The zero-order chi connectivity index (χ0) is 18.8. The summed E-state index contributed by atoms with van der Waals surface area (Å²) in [5, 5.41) is 7.69. The minimum atomic E-state index is -0.139. The van der Waals surface area contributed by atoms with E-state index in [2.05, 4.69) is 26.5 Å². The summed E-state index contributed by atoms with van der Waals surface area (Å²) in [6, 6.07) is 7.63. The fourth-order valence-electron chi connectivity index (χ4n) is 2.83. The van der Waals surface area contributed by atoms with Crippen LogP contribution in [-0.2, 0) is 17.8 Å². The van der Waals surface area contributed by atoms with Gasteiger partial charge in [-0.05, 0) is 49.2 Å². The van der Waals surface area contributed by atoms with E-state index < -0.39 is 0 Å². The van der Waals surface area contributed by atoms with E-state index in [0.717, 1.165) is 27.7 Å². The molecule has 0 bridgehead atoms. The number of aryl methyl sites for hydroxylation is 2. The minimum absolute atomic E-state index is 0.139. The maximum absolute atomic E-state index is 12.3. The predicted molar refractivity (Wildman–Crippen MR) is 98.8 cm³/mol. The van der Waals surface area contributed by atoms with Crippen LogP contribution in [-0.4, -0.2) is 21.0 Å². The molecule has 136 valence electrons. The predicted octanol–water partition coefficient (Wildman–Crippen LogP) is 3.35. The highest BCUT2D eigenvalue weighted by Crippen LogP contribution is 2.25. The van der Waals surface area contributed by atoms with Crippen LogP contribution in [0.1, 0.15) is 22.6 Å². The Balaban J connectivity index is 1.41. The third-order valence-electron chi connectivity index (χ3n) is 4.46. The second-order valence-electron chi connectivity index (χ2n) is 6.39. The second kappa shape index (κ2) is 7.03. The highest BCUT2D eigenvalue weighted by Gasteiger charge is 2.13. The number of furan rings is 1. The molecule has 7 nitrogen and oxygen atoms in total. The van der Waals surface area contributed by atoms with Gasteiger partial charge in [-0.25, -0.2) is 0 Å². The fraction of sp³-hybridized carbons (Fsp3) is 0.200. The summed E-state index contributed by atoms with van der Waals surface area (Å²) in [5.41, 5.74) is 4.78. The van der Waals surface area contributed by atoms with Crippen LogP contribution in [0.25, 0.3) is 22.4 Å². The van der Waals surface area contributed by atoms with Crippen molar-refractivity contribution in [3.63, 3.8) is 0 Å². The third-order valence-corrected chi connectivity index (χ3v) is 4.46. The van der Waals surface area contributed by atoms with E-state index in [0.29, 0.717) is 11.7 Å². The number of carbonyl (C=O) groups is 1. The molecular formula is C20H18N4O3. The molecule has 0 aliphatic heterocycles. The molecule has 1 N–H and O–H groups in total. The summed E-state index contributed by atoms with van der Waals surface area (Å²) in [7, 11) is 0. The van der Waals surface area contributed by atoms with Gasteiger partial charge < -0.3 is 14.3 Å². The first-order chi connectivity index (χ1) is 13.1. The van der Waals surface area contributed by atoms with Gasteiger partial charge in [0.2, 0.25) is 17.6 Å². The summed E-state index contributed by atoms with van der Waals surface area (Å²) in [6.07, 6.45) is 5.18. The highest BCUT2D eigenvalue weighted by atomic mass is 16.5. The molecule has 4 aromatic rings. The number of pyridine rings is 1. The van der Waals surface area contributed by atoms with Gasteiger partial charge in [0.25, 0.3) is 0 Å². The molecule has 0 unspecified atom stereocenters. The number of hydrogen-bond acceptors (Lipinski definition) is 6. The standard InChI is InChI=1S/C20H18N4O3/c1-12-7-16-15(11-26-17(16)8-13(12)2)9-18(25)22-10-19-23-20(24-27-19)14-3-5-21-6-4-14/h3-8,11H,9-10H2,1-2H3,(H,22,25). The molecule has 0 spiro atoms. The lowest BCUT2D eigenvalue weighted by Crippen LogP contribution is -2.24. The third kappa shape index (κ3) is 3.57. The first-order valence-corrected chi connectivity index (χ1v) is 8.57. The smallest absolute Gasteiger partial charge is 0.246 e. The summed E-state index contributed by atoms with van der Waals surface area (Å²) >= 11 is 0. The molecule has 3 aromatic heterocycles. The lowest BCUT2D eigenvalue weighted by atomic mass is 10.0. The molecule has 0 aliphatic carbocycles. The summed E-state index contributed by atoms with van der Waals surface area (Å²) in [4.78, 5) is 20.5. The van der Waals surface area contributed by atoms with Crippen LogP contribution >= 0.6 is 0 Å². The summed E-state index contributed by atoms with van der Waals surface area (Å²) in [6.45, 7) is 4.25. The van der Waals surface area contributed by atoms with Gasteiger partial charge in [-0.2, -0.15) is 4.98 Å². The van der Waals surface area contributed by atoms with Crippen molar-refractivity contribution in [1.82, 2.24) is 20.4 Å². The van der Waals surface area contributed by atoms with Crippen molar-refractivity contribution in [3.8, 4) is 11.4 Å². The topological polar surface area (TPSA) is 94.1 Å². The highest BCUT2D eigenvalue weighted by molar-refractivity contribution is 5.88. The maximum Gasteiger partial charge on any atom is 0.246 e. The lowest BCUT2D eigenvalue weighted by Gasteiger charge is -2.02. The normalized spacial score (nSPS) is 11.0. The molecule has 4 rings (SSSR count). The van der Waals surface area contributed by atoms with Gasteiger partial charge in [0.15, 0.2) is 0 Å². The molecule has 0 atom stereocenters. The Kier molecular flexibility index (Phi) is 4.42. The lowest BCUT2D eigenvalue weighted by molar-refractivity contribution is -0.120. The van der Waals surface area contributed by atoms with Crippen LogP contribution in [0.5, 0.6) is 0 Å². The molecule has 0 saturated carbocycles. The monoisotopic (exact) mass is 362 g/mol. The molecule has 0 fully saturated rings. The number of benzene rings is 1. The Bertz CT molecular complexity index is 1100. The Labute approximate surface area is 155 Å². The first kappa shape index (κ1) is 17.0. The fourth-order valence-corrected chi connectivity index (χ4v) is 2.83. The second-order valence-corrected chi connectivity index (χ2v) is 6.39. The van der Waals surface area contributed by atoms with Crippen LogP contribution in [0.3, 0.4) is 0 Å². The van der Waals surface area contributed by atoms with Crippen LogP contribution in [0.4, 0.5) is 0 Å². The molecule has 0 radical (unpaired) electrons. The van der Waals surface area contributed by atoms with Crippen molar-refractivity contribution in [2.24, 2.45) is 0 Å². The van der Waals surface area contributed by atoms with Crippen LogP contribution in [0, 0.1) is 13.8 Å². The van der Waals surface area contributed by atoms with Crippen molar-refractivity contribution < 1.29 is 13.7 Å². The van der Waals surface area contributed by atoms with Crippen molar-refractivity contribution in [1.29, 1.82) is 0 Å². The number of rotatable bonds is 5. The van der Waals surface area contributed by atoms with E-state index in [-0.39, 0.29) is 18.9 Å². The van der Waals surface area contributed by atoms with Crippen molar-refractivity contribution in [2.75, 3.05) is 0 Å². The molecule has 27 heavy (non-hydrogen) atoms. The molecule has 0 saturated heterocycles. The Morgan fingerprint density at radius 1 is 1.15 bits per heavy atom.